The SMILES string of the molecule is Cc1ccn(C)n1.O=c1[nH]cco1. The summed E-state index contributed by atoms with van der Waals surface area (Å²) in [6.07, 6.45) is 4.65. The summed E-state index contributed by atoms with van der Waals surface area (Å²) in [5, 5.41) is 4.03. The van der Waals surface area contributed by atoms with E-state index in [1.165, 1.54) is 12.5 Å². The monoisotopic (exact) mass is 181 g/mol. The fraction of sp³-hybridized carbons (Fsp3) is 0.250. The van der Waals surface area contributed by atoms with E-state index in [2.05, 4.69) is 14.5 Å². The van der Waals surface area contributed by atoms with Crippen LogP contribution in [0.15, 0.2) is 33.9 Å². The second-order valence-electron chi connectivity index (χ2n) is 2.48. The zero-order chi connectivity index (χ0) is 9.68. The first kappa shape index (κ1) is 9.31. The molecule has 0 saturated carbocycles. The van der Waals surface area contributed by atoms with Crippen molar-refractivity contribution in [2.75, 3.05) is 0 Å². The Balaban J connectivity index is 0.000000132. The number of nitrogens with one attached hydrogen (secondary N) is 1. The minimum Gasteiger partial charge on any atom is -0.417 e. The van der Waals surface area contributed by atoms with Gasteiger partial charge in [-0.3, -0.25) is 9.67 Å². The summed E-state index contributed by atoms with van der Waals surface area (Å²) in [5.41, 5.74) is 1.07. The largest absolute Gasteiger partial charge is 0.417 e. The number of aryl methyl sites for hydroxylation is 2. The van der Waals surface area contributed by atoms with Crippen molar-refractivity contribution >= 4 is 0 Å². The molecule has 5 heteroatoms. The van der Waals surface area contributed by atoms with Gasteiger partial charge in [0.15, 0.2) is 0 Å². The van der Waals surface area contributed by atoms with Crippen LogP contribution in [0, 0.1) is 6.92 Å². The van der Waals surface area contributed by atoms with E-state index in [9.17, 15) is 4.79 Å². The van der Waals surface area contributed by atoms with E-state index in [0.717, 1.165) is 5.69 Å². The fourth-order valence-corrected chi connectivity index (χ4v) is 0.763. The zero-order valence-corrected chi connectivity index (χ0v) is 7.52. The quantitative estimate of drug-likeness (QED) is 0.650. The Morgan fingerprint density at radius 3 is 2.54 bits per heavy atom. The van der Waals surface area contributed by atoms with Gasteiger partial charge in [-0.15, -0.1) is 0 Å². The highest BCUT2D eigenvalue weighted by Gasteiger charge is 1.81. The van der Waals surface area contributed by atoms with E-state index in [0.29, 0.717) is 0 Å². The minimum absolute atomic E-state index is 0.407. The van der Waals surface area contributed by atoms with Crippen LogP contribution in [0.25, 0.3) is 0 Å². The second kappa shape index (κ2) is 4.30. The molecule has 0 aliphatic heterocycles. The molecule has 0 saturated heterocycles. The number of rotatable bonds is 0. The van der Waals surface area contributed by atoms with Crippen molar-refractivity contribution in [2.24, 2.45) is 7.05 Å². The van der Waals surface area contributed by atoms with E-state index in [1.54, 1.807) is 4.68 Å². The molecule has 13 heavy (non-hydrogen) atoms. The van der Waals surface area contributed by atoms with E-state index in [-0.39, 0.29) is 0 Å². The van der Waals surface area contributed by atoms with Gasteiger partial charge in [-0.2, -0.15) is 5.10 Å². The Bertz CT molecular complexity index is 366. The second-order valence-corrected chi connectivity index (χ2v) is 2.48. The van der Waals surface area contributed by atoms with Crippen molar-refractivity contribution in [3.05, 3.63) is 41.0 Å². The lowest BCUT2D eigenvalue weighted by Gasteiger charge is -1.79. The predicted molar refractivity (Wildman–Crippen MR) is 47.3 cm³/mol. The molecule has 2 rings (SSSR count). The number of aromatic amines is 1. The van der Waals surface area contributed by atoms with Gasteiger partial charge in [0.25, 0.3) is 0 Å². The molecule has 0 aliphatic carbocycles. The minimum atomic E-state index is -0.407. The van der Waals surface area contributed by atoms with Crippen molar-refractivity contribution in [3.63, 3.8) is 0 Å². The maximum Gasteiger partial charge on any atom is 0.416 e. The Hall–Kier alpha value is -1.78. The number of hydrogen-bond donors (Lipinski definition) is 1. The molecule has 0 radical (unpaired) electrons. The lowest BCUT2D eigenvalue weighted by Crippen LogP contribution is -1.91. The normalized spacial score (nSPS) is 9.08. The lowest BCUT2D eigenvalue weighted by molar-refractivity contribution is 0.515. The maximum absolute atomic E-state index is 9.85. The molecular weight excluding hydrogens is 170 g/mol. The number of H-pyrrole nitrogens is 1. The van der Waals surface area contributed by atoms with E-state index < -0.39 is 5.76 Å². The van der Waals surface area contributed by atoms with Gasteiger partial charge in [0, 0.05) is 19.4 Å². The predicted octanol–water partition coefficient (Wildman–Crippen LogP) is 0.696. The first-order valence-corrected chi connectivity index (χ1v) is 3.77. The summed E-state index contributed by atoms with van der Waals surface area (Å²) >= 11 is 0. The van der Waals surface area contributed by atoms with Crippen molar-refractivity contribution in [1.29, 1.82) is 0 Å². The molecule has 2 heterocycles. The molecule has 0 bridgehead atoms. The first-order chi connectivity index (χ1) is 6.18. The van der Waals surface area contributed by atoms with E-state index in [1.807, 2.05) is 26.2 Å². The van der Waals surface area contributed by atoms with Crippen LogP contribution in [0.4, 0.5) is 0 Å². The third-order valence-electron chi connectivity index (χ3n) is 1.29. The van der Waals surface area contributed by atoms with E-state index >= 15 is 0 Å². The van der Waals surface area contributed by atoms with Gasteiger partial charge >= 0.3 is 5.76 Å². The average Bonchev–Trinajstić information content (AvgIpc) is 2.64. The summed E-state index contributed by atoms with van der Waals surface area (Å²) in [7, 11) is 1.91. The molecular formula is C8H11N3O2. The van der Waals surface area contributed by atoms with Gasteiger partial charge < -0.3 is 4.42 Å². The highest BCUT2D eigenvalue weighted by Crippen LogP contribution is 1.86. The topological polar surface area (TPSA) is 63.8 Å². The third kappa shape index (κ3) is 3.42. The molecule has 0 atom stereocenters. The average molecular weight is 181 g/mol. The molecule has 0 spiro atoms. The van der Waals surface area contributed by atoms with Crippen LogP contribution in [0.3, 0.4) is 0 Å². The van der Waals surface area contributed by atoms with Gasteiger partial charge in [0.05, 0.1) is 5.69 Å². The molecule has 70 valence electrons. The number of nitrogens with zero attached hydrogens (tertiary/aromatic N) is 2. The van der Waals surface area contributed by atoms with Crippen molar-refractivity contribution in [1.82, 2.24) is 14.8 Å². The molecule has 1 N–H and O–H groups in total. The Labute approximate surface area is 75.0 Å². The summed E-state index contributed by atoms with van der Waals surface area (Å²) in [4.78, 5) is 12.1. The van der Waals surface area contributed by atoms with Gasteiger partial charge in [-0.05, 0) is 13.0 Å². The fourth-order valence-electron chi connectivity index (χ4n) is 0.763. The Kier molecular flexibility index (Phi) is 3.08. The molecule has 2 aromatic heterocycles. The highest BCUT2D eigenvalue weighted by molar-refractivity contribution is 4.93. The van der Waals surface area contributed by atoms with Crippen LogP contribution in [0.5, 0.6) is 0 Å². The van der Waals surface area contributed by atoms with Crippen molar-refractivity contribution < 1.29 is 4.42 Å². The summed E-state index contributed by atoms with van der Waals surface area (Å²) < 4.78 is 6.01. The van der Waals surface area contributed by atoms with Crippen LogP contribution in [-0.4, -0.2) is 14.8 Å². The summed E-state index contributed by atoms with van der Waals surface area (Å²) in [6, 6.07) is 1.97. The highest BCUT2D eigenvalue weighted by atomic mass is 16.4. The summed E-state index contributed by atoms with van der Waals surface area (Å²) in [6.45, 7) is 1.97. The summed E-state index contributed by atoms with van der Waals surface area (Å²) in [5.74, 6) is -0.407. The van der Waals surface area contributed by atoms with Crippen LogP contribution >= 0.6 is 0 Å². The third-order valence-corrected chi connectivity index (χ3v) is 1.29. The number of aromatic nitrogens is 3. The van der Waals surface area contributed by atoms with Gasteiger partial charge in [0.1, 0.15) is 6.26 Å². The molecule has 0 amide bonds. The molecule has 0 unspecified atom stereocenters. The number of oxazole rings is 1. The van der Waals surface area contributed by atoms with Crippen LogP contribution in [0.2, 0.25) is 0 Å². The maximum atomic E-state index is 9.85. The molecule has 0 aromatic carbocycles. The van der Waals surface area contributed by atoms with Crippen molar-refractivity contribution in [2.45, 2.75) is 6.92 Å². The zero-order valence-electron chi connectivity index (χ0n) is 7.52. The van der Waals surface area contributed by atoms with Gasteiger partial charge in [-0.25, -0.2) is 4.79 Å². The van der Waals surface area contributed by atoms with Gasteiger partial charge in [-0.1, -0.05) is 0 Å². The molecule has 0 fully saturated rings. The van der Waals surface area contributed by atoms with E-state index in [4.69, 9.17) is 0 Å². The number of hydrogen-bond acceptors (Lipinski definition) is 3. The molecule has 0 aliphatic rings. The van der Waals surface area contributed by atoms with Crippen LogP contribution < -0.4 is 5.76 Å². The Morgan fingerprint density at radius 1 is 1.62 bits per heavy atom. The van der Waals surface area contributed by atoms with Gasteiger partial charge in [0.2, 0.25) is 0 Å². The Morgan fingerprint density at radius 2 is 2.38 bits per heavy atom. The molecule has 5 nitrogen and oxygen atoms in total. The smallest absolute Gasteiger partial charge is 0.416 e. The molecule has 2 aromatic rings. The van der Waals surface area contributed by atoms with Crippen LogP contribution in [-0.2, 0) is 7.05 Å². The first-order valence-electron chi connectivity index (χ1n) is 3.77. The van der Waals surface area contributed by atoms with Crippen LogP contribution in [0.1, 0.15) is 5.69 Å². The lowest BCUT2D eigenvalue weighted by atomic mass is 10.5. The van der Waals surface area contributed by atoms with Crippen molar-refractivity contribution in [3.8, 4) is 0 Å². The standard InChI is InChI=1S/C5H8N2.C3H3NO2/c1-5-3-4-7(2)6-5;5-3-4-1-2-6-3/h3-4H,1-2H3;1-2H,(H,4,5).